The Balaban J connectivity index is 1.75. The lowest BCUT2D eigenvalue weighted by Crippen LogP contribution is -2.43. The third kappa shape index (κ3) is 5.60. The second-order valence-electron chi connectivity index (χ2n) is 6.14. The molecule has 0 unspecified atom stereocenters. The van der Waals surface area contributed by atoms with E-state index in [1.54, 1.807) is 0 Å². The van der Waals surface area contributed by atoms with Crippen LogP contribution in [0.15, 0.2) is 28.7 Å². The number of carbonyl (C=O) groups excluding carboxylic acids is 2. The van der Waals surface area contributed by atoms with Crippen molar-refractivity contribution in [1.82, 2.24) is 10.2 Å². The predicted octanol–water partition coefficient (Wildman–Crippen LogP) is 2.90. The van der Waals surface area contributed by atoms with Crippen LogP contribution in [0.3, 0.4) is 0 Å². The van der Waals surface area contributed by atoms with E-state index in [1.165, 1.54) is 0 Å². The van der Waals surface area contributed by atoms with Gasteiger partial charge in [0.15, 0.2) is 0 Å². The Hall–Kier alpha value is -1.40. The number of rotatable bonds is 6. The highest BCUT2D eigenvalue weighted by Crippen LogP contribution is 2.19. The smallest absolute Gasteiger partial charge is 0.309 e. The highest BCUT2D eigenvalue weighted by molar-refractivity contribution is 9.10. The van der Waals surface area contributed by atoms with Crippen molar-refractivity contribution in [1.29, 1.82) is 0 Å². The lowest BCUT2D eigenvalue weighted by Gasteiger charge is -2.30. The van der Waals surface area contributed by atoms with Crippen LogP contribution in [0.25, 0.3) is 0 Å². The minimum absolute atomic E-state index is 0.0139. The molecule has 1 aromatic carbocycles. The molecule has 1 aliphatic rings. The van der Waals surface area contributed by atoms with Gasteiger partial charge in [-0.15, -0.1) is 0 Å². The van der Waals surface area contributed by atoms with E-state index in [0.29, 0.717) is 13.2 Å². The Kier molecular flexibility index (Phi) is 7.24. The molecular weight excluding hydrogens is 372 g/mol. The number of piperidine rings is 1. The maximum Gasteiger partial charge on any atom is 0.309 e. The molecule has 1 heterocycles. The minimum Gasteiger partial charge on any atom is -0.466 e. The molecule has 1 saturated heterocycles. The molecule has 0 bridgehead atoms. The van der Waals surface area contributed by atoms with Gasteiger partial charge in [-0.1, -0.05) is 28.1 Å². The summed E-state index contributed by atoms with van der Waals surface area (Å²) in [5.74, 6) is -0.114. The fourth-order valence-corrected chi connectivity index (χ4v) is 3.18. The molecule has 1 amide bonds. The zero-order valence-electron chi connectivity index (χ0n) is 14.3. The maximum atomic E-state index is 12.2. The fourth-order valence-electron chi connectivity index (χ4n) is 2.91. The standard InChI is InChI=1S/C18H25BrN2O3/c1-3-24-18(23)15-8-10-21(11-9-15)12-17(22)20-13(2)14-4-6-16(19)7-5-14/h4-7,13,15H,3,8-12H2,1-2H3,(H,20,22)/t13-/m1/s1. The van der Waals surface area contributed by atoms with Crippen LogP contribution in [0.5, 0.6) is 0 Å². The lowest BCUT2D eigenvalue weighted by molar-refractivity contribution is -0.149. The molecule has 24 heavy (non-hydrogen) atoms. The number of halogens is 1. The van der Waals surface area contributed by atoms with Crippen LogP contribution in [0, 0.1) is 5.92 Å². The van der Waals surface area contributed by atoms with Crippen molar-refractivity contribution in [3.8, 4) is 0 Å². The summed E-state index contributed by atoms with van der Waals surface area (Å²) in [6.45, 7) is 6.11. The molecule has 0 aromatic heterocycles. The van der Waals surface area contributed by atoms with Gasteiger partial charge in [-0.25, -0.2) is 0 Å². The number of esters is 1. The van der Waals surface area contributed by atoms with Crippen molar-refractivity contribution < 1.29 is 14.3 Å². The quantitative estimate of drug-likeness (QED) is 0.750. The average Bonchev–Trinajstić information content (AvgIpc) is 2.56. The molecule has 0 spiro atoms. The molecule has 0 radical (unpaired) electrons. The van der Waals surface area contributed by atoms with Gasteiger partial charge in [0.1, 0.15) is 0 Å². The van der Waals surface area contributed by atoms with Gasteiger partial charge in [-0.2, -0.15) is 0 Å². The van der Waals surface area contributed by atoms with Crippen molar-refractivity contribution in [3.05, 3.63) is 34.3 Å². The van der Waals surface area contributed by atoms with E-state index in [9.17, 15) is 9.59 Å². The van der Waals surface area contributed by atoms with Crippen molar-refractivity contribution in [3.63, 3.8) is 0 Å². The van der Waals surface area contributed by atoms with Crippen molar-refractivity contribution in [2.24, 2.45) is 5.92 Å². The number of hydrogen-bond donors (Lipinski definition) is 1. The first-order valence-electron chi connectivity index (χ1n) is 8.43. The van der Waals surface area contributed by atoms with Crippen LogP contribution in [0.2, 0.25) is 0 Å². The van der Waals surface area contributed by atoms with Gasteiger partial charge in [-0.3, -0.25) is 14.5 Å². The maximum absolute atomic E-state index is 12.2. The van der Waals surface area contributed by atoms with E-state index in [2.05, 4.69) is 26.1 Å². The number of nitrogens with one attached hydrogen (secondary N) is 1. The predicted molar refractivity (Wildman–Crippen MR) is 96.5 cm³/mol. The Labute approximate surface area is 151 Å². The second kappa shape index (κ2) is 9.18. The average molecular weight is 397 g/mol. The van der Waals surface area contributed by atoms with E-state index >= 15 is 0 Å². The van der Waals surface area contributed by atoms with Gasteiger partial charge in [0.05, 0.1) is 25.1 Å². The highest BCUT2D eigenvalue weighted by Gasteiger charge is 2.26. The second-order valence-corrected chi connectivity index (χ2v) is 7.06. The fraction of sp³-hybridized carbons (Fsp3) is 0.556. The summed E-state index contributed by atoms with van der Waals surface area (Å²) in [6, 6.07) is 7.92. The molecule has 2 rings (SSSR count). The van der Waals surface area contributed by atoms with Crippen LogP contribution >= 0.6 is 15.9 Å². The Morgan fingerprint density at radius 3 is 2.50 bits per heavy atom. The summed E-state index contributed by atoms with van der Waals surface area (Å²) in [7, 11) is 0. The van der Waals surface area contributed by atoms with E-state index in [1.807, 2.05) is 38.1 Å². The van der Waals surface area contributed by atoms with Crippen LogP contribution < -0.4 is 5.32 Å². The summed E-state index contributed by atoms with van der Waals surface area (Å²) >= 11 is 3.41. The van der Waals surface area contributed by atoms with E-state index in [-0.39, 0.29) is 23.8 Å². The van der Waals surface area contributed by atoms with Gasteiger partial charge in [-0.05, 0) is 57.5 Å². The van der Waals surface area contributed by atoms with Crippen LogP contribution in [0.4, 0.5) is 0 Å². The summed E-state index contributed by atoms with van der Waals surface area (Å²) in [6.07, 6.45) is 1.52. The van der Waals surface area contributed by atoms with E-state index in [4.69, 9.17) is 4.74 Å². The van der Waals surface area contributed by atoms with Gasteiger partial charge in [0.25, 0.3) is 0 Å². The molecule has 5 nitrogen and oxygen atoms in total. The third-order valence-corrected chi connectivity index (χ3v) is 4.85. The zero-order chi connectivity index (χ0) is 17.5. The molecule has 1 aliphatic heterocycles. The SMILES string of the molecule is CCOC(=O)C1CCN(CC(=O)N[C@H](C)c2ccc(Br)cc2)CC1. The molecule has 132 valence electrons. The Morgan fingerprint density at radius 2 is 1.92 bits per heavy atom. The monoisotopic (exact) mass is 396 g/mol. The molecular formula is C18H25BrN2O3. The van der Waals surface area contributed by atoms with Crippen molar-refractivity contribution >= 4 is 27.8 Å². The van der Waals surface area contributed by atoms with E-state index < -0.39 is 0 Å². The molecule has 1 atom stereocenters. The van der Waals surface area contributed by atoms with Gasteiger partial charge in [0.2, 0.25) is 5.91 Å². The number of benzene rings is 1. The molecule has 1 fully saturated rings. The van der Waals surface area contributed by atoms with E-state index in [0.717, 1.165) is 36.0 Å². The van der Waals surface area contributed by atoms with Crippen LogP contribution in [-0.4, -0.2) is 43.0 Å². The zero-order valence-corrected chi connectivity index (χ0v) is 15.8. The lowest BCUT2D eigenvalue weighted by atomic mass is 9.97. The summed E-state index contributed by atoms with van der Waals surface area (Å²) in [5, 5.41) is 3.03. The topological polar surface area (TPSA) is 58.6 Å². The first-order chi connectivity index (χ1) is 11.5. The van der Waals surface area contributed by atoms with Gasteiger partial charge in [0, 0.05) is 4.47 Å². The van der Waals surface area contributed by atoms with Crippen molar-refractivity contribution in [2.45, 2.75) is 32.7 Å². The molecule has 1 N–H and O–H groups in total. The normalized spacial score (nSPS) is 17.3. The van der Waals surface area contributed by atoms with Crippen molar-refractivity contribution in [2.75, 3.05) is 26.2 Å². The first-order valence-corrected chi connectivity index (χ1v) is 9.22. The molecule has 1 aromatic rings. The number of ether oxygens (including phenoxy) is 1. The minimum atomic E-state index is -0.106. The Morgan fingerprint density at radius 1 is 1.29 bits per heavy atom. The van der Waals surface area contributed by atoms with Crippen LogP contribution in [-0.2, 0) is 14.3 Å². The molecule has 6 heteroatoms. The number of carbonyl (C=O) groups is 2. The Bertz CT molecular complexity index is 554. The highest BCUT2D eigenvalue weighted by atomic mass is 79.9. The summed E-state index contributed by atoms with van der Waals surface area (Å²) < 4.78 is 6.09. The summed E-state index contributed by atoms with van der Waals surface area (Å²) in [4.78, 5) is 26.1. The van der Waals surface area contributed by atoms with Gasteiger partial charge >= 0.3 is 5.97 Å². The number of nitrogens with zero attached hydrogens (tertiary/aromatic N) is 1. The molecule has 0 aliphatic carbocycles. The number of hydrogen-bond acceptors (Lipinski definition) is 4. The summed E-state index contributed by atoms with van der Waals surface area (Å²) in [5.41, 5.74) is 1.08. The van der Waals surface area contributed by atoms with Crippen LogP contribution in [0.1, 0.15) is 38.3 Å². The number of amides is 1. The first kappa shape index (κ1) is 18.9. The molecule has 0 saturated carbocycles. The largest absolute Gasteiger partial charge is 0.466 e. The van der Waals surface area contributed by atoms with Gasteiger partial charge < -0.3 is 10.1 Å². The third-order valence-electron chi connectivity index (χ3n) is 4.32. The number of likely N-dealkylation sites (tertiary alicyclic amines) is 1.